The van der Waals surface area contributed by atoms with Crippen molar-refractivity contribution in [3.8, 4) is 0 Å². The van der Waals surface area contributed by atoms with Gasteiger partial charge in [-0.2, -0.15) is 26.3 Å². The van der Waals surface area contributed by atoms with E-state index in [-0.39, 0.29) is 12.5 Å². The van der Waals surface area contributed by atoms with Crippen LogP contribution < -0.4 is 0 Å². The first-order valence-corrected chi connectivity index (χ1v) is 35.0. The fourth-order valence-electron chi connectivity index (χ4n) is 6.95. The molecule has 0 bridgehead atoms. The van der Waals surface area contributed by atoms with E-state index in [0.717, 1.165) is 0 Å². The second-order valence-corrected chi connectivity index (χ2v) is 38.3. The monoisotopic (exact) mass is 990 g/mol. The van der Waals surface area contributed by atoms with E-state index in [2.05, 4.69) is 4.74 Å². The molecule has 1 aliphatic rings. The maximum Gasteiger partial charge on any atom is 0.500 e. The highest BCUT2D eigenvalue weighted by Crippen LogP contribution is 2.41. The summed E-state index contributed by atoms with van der Waals surface area (Å²) in [5.41, 5.74) is 0. The summed E-state index contributed by atoms with van der Waals surface area (Å²) < 4.78 is 171. The Morgan fingerprint density at radius 1 is 0.492 bits per heavy atom. The zero-order valence-corrected chi connectivity index (χ0v) is 44.1. The average Bonchev–Trinajstić information content (AvgIpc) is 3.16. The summed E-state index contributed by atoms with van der Waals surface area (Å²) in [5, 5.41) is 0. The van der Waals surface area contributed by atoms with Crippen molar-refractivity contribution in [1.82, 2.24) is 0 Å². The van der Waals surface area contributed by atoms with E-state index in [1.165, 1.54) is 42.7 Å². The number of rotatable bonds is 30. The zero-order chi connectivity index (χ0) is 45.5. The topological polar surface area (TPSA) is 138 Å². The second-order valence-electron chi connectivity index (χ2n) is 14.7. The molecule has 2 unspecified atom stereocenters. The van der Waals surface area contributed by atoms with Gasteiger partial charge in [-0.25, -0.2) is 0 Å². The lowest BCUT2D eigenvalue weighted by Crippen LogP contribution is -2.67. The Morgan fingerprint density at radius 3 is 1.02 bits per heavy atom. The number of halogens is 6. The minimum Gasteiger partial charge on any atom is -0.427 e. The molecule has 59 heavy (non-hydrogen) atoms. The van der Waals surface area contributed by atoms with Crippen LogP contribution in [0.5, 0.6) is 0 Å². The van der Waals surface area contributed by atoms with E-state index in [0.29, 0.717) is 62.5 Å². The molecular weight excluding hydrogens is 923 g/mol. The fourth-order valence-corrected chi connectivity index (χ4v) is 36.5. The van der Waals surface area contributed by atoms with Gasteiger partial charge in [0.05, 0.1) is 0 Å². The summed E-state index contributed by atoms with van der Waals surface area (Å²) in [6.45, 7) is 5.95. The van der Waals surface area contributed by atoms with Gasteiger partial charge in [-0.15, -0.1) is 0 Å². The quantitative estimate of drug-likeness (QED) is 0.0298. The molecule has 352 valence electrons. The lowest BCUT2D eigenvalue weighted by Gasteiger charge is -2.50. The van der Waals surface area contributed by atoms with Crippen LogP contribution in [0.25, 0.3) is 0 Å². The fraction of sp³-hybridized carbons (Fsp3) is 0.935. The Hall–Kier alpha value is 0.0782. The van der Waals surface area contributed by atoms with Crippen molar-refractivity contribution < 1.29 is 92.1 Å². The lowest BCUT2D eigenvalue weighted by molar-refractivity contribution is -0.343. The van der Waals surface area contributed by atoms with Crippen molar-refractivity contribution in [3.63, 3.8) is 0 Å². The maximum atomic E-state index is 14.4. The molecule has 0 amide bonds. The molecule has 1 aliphatic heterocycles. The molecule has 0 aromatic carbocycles. The molecule has 0 spiro atoms. The van der Waals surface area contributed by atoms with Crippen LogP contribution in [0.3, 0.4) is 0 Å². The molecule has 0 aliphatic carbocycles. The van der Waals surface area contributed by atoms with Crippen LogP contribution in [0.1, 0.15) is 32.6 Å². The molecule has 0 N–H and O–H groups in total. The van der Waals surface area contributed by atoms with Gasteiger partial charge in [-0.3, -0.25) is 0 Å². The SMILES string of the molecule is CO[Si](CCC[Si]1(C)O[Si](C)(CCCOCC(F)(F)C(F)(F)OC(C)=C(F)F)O[Si](C)(CCC[Si](OC)(OC)OC)O[Si](C)(CCC[Si](OC)(OC)OC)O1)(OC)OC. The van der Waals surface area contributed by atoms with Gasteiger partial charge in [0.25, 0.3) is 0 Å². The minimum atomic E-state index is -5.25. The number of hydrogen-bond acceptors (Lipinski definition) is 15. The molecule has 1 heterocycles. The molecule has 1 rings (SSSR count). The van der Waals surface area contributed by atoms with Crippen molar-refractivity contribution in [2.75, 3.05) is 77.2 Å². The van der Waals surface area contributed by atoms with Crippen LogP contribution in [0.15, 0.2) is 11.8 Å². The Morgan fingerprint density at radius 2 is 0.763 bits per heavy atom. The number of hydrogen-bond donors (Lipinski definition) is 0. The van der Waals surface area contributed by atoms with Crippen molar-refractivity contribution in [2.24, 2.45) is 0 Å². The van der Waals surface area contributed by atoms with E-state index in [1.807, 2.05) is 26.2 Å². The first-order chi connectivity index (χ1) is 27.3. The van der Waals surface area contributed by atoms with Crippen LogP contribution in [0, 0.1) is 0 Å². The summed E-state index contributed by atoms with van der Waals surface area (Å²) in [7, 11) is -8.24. The van der Waals surface area contributed by atoms with Crippen LogP contribution in [0.4, 0.5) is 26.3 Å². The van der Waals surface area contributed by atoms with Crippen LogP contribution in [-0.2, 0) is 65.8 Å². The smallest absolute Gasteiger partial charge is 0.427 e. The predicted molar refractivity (Wildman–Crippen MR) is 220 cm³/mol. The summed E-state index contributed by atoms with van der Waals surface area (Å²) in [5.74, 6) is -6.54. The van der Waals surface area contributed by atoms with Gasteiger partial charge >= 0.3 is 78.8 Å². The van der Waals surface area contributed by atoms with Crippen molar-refractivity contribution in [2.45, 2.75) is 113 Å². The summed E-state index contributed by atoms with van der Waals surface area (Å²) in [6.07, 6.45) is -6.18. The Kier molecular flexibility index (Phi) is 23.6. The van der Waals surface area contributed by atoms with Gasteiger partial charge in [0.15, 0.2) is 5.76 Å². The van der Waals surface area contributed by atoms with Gasteiger partial charge in [0.2, 0.25) is 0 Å². The molecular formula is C31H68F6O15Si7. The van der Waals surface area contributed by atoms with Crippen molar-refractivity contribution in [1.29, 1.82) is 0 Å². The van der Waals surface area contributed by atoms with Crippen LogP contribution in [-0.4, -0.2) is 150 Å². The molecule has 15 nitrogen and oxygen atoms in total. The van der Waals surface area contributed by atoms with E-state index >= 15 is 0 Å². The first-order valence-electron chi connectivity index (χ1n) is 19.1. The second kappa shape index (κ2) is 24.4. The molecule has 28 heteroatoms. The predicted octanol–water partition coefficient (Wildman–Crippen LogP) is 7.94. The van der Waals surface area contributed by atoms with Gasteiger partial charge in [0, 0.05) is 88.7 Å². The van der Waals surface area contributed by atoms with Gasteiger partial charge < -0.3 is 65.8 Å². The molecule has 0 radical (unpaired) electrons. The molecule has 0 saturated carbocycles. The third-order valence-corrected chi connectivity index (χ3v) is 37.4. The highest BCUT2D eigenvalue weighted by Gasteiger charge is 2.60. The van der Waals surface area contributed by atoms with Gasteiger partial charge in [0.1, 0.15) is 6.61 Å². The Labute approximate surface area is 353 Å². The standard InChI is InChI=1S/C31H68F6O15Si7/c1-28(29(32)33)48-31(36,37)30(34,35)27-47-19-15-20-53(11)49-54(12,21-16-24-57(38-2,39-3)40-4)51-56(14,23-18-26-59(44-8,45-9)46-10)52-55(13,50-53)22-17-25-58(41-5,42-6)43-7/h15-27H2,1-14H3. The van der Waals surface area contributed by atoms with E-state index in [9.17, 15) is 26.3 Å². The summed E-state index contributed by atoms with van der Waals surface area (Å²) in [4.78, 5) is 0. The third kappa shape index (κ3) is 17.2. The first kappa shape index (κ1) is 57.1. The number of allylic oxidation sites excluding steroid dienone is 1. The zero-order valence-electron chi connectivity index (χ0n) is 37.1. The molecule has 1 fully saturated rings. The van der Waals surface area contributed by atoms with E-state index in [1.54, 1.807) is 21.3 Å². The Balaban J connectivity index is 3.56. The van der Waals surface area contributed by atoms with E-state index in [4.69, 9.17) is 61.0 Å². The van der Waals surface area contributed by atoms with Crippen LogP contribution in [0.2, 0.25) is 68.5 Å². The van der Waals surface area contributed by atoms with Crippen molar-refractivity contribution in [3.05, 3.63) is 11.8 Å². The third-order valence-electron chi connectivity index (χ3n) is 10.0. The lowest BCUT2D eigenvalue weighted by atomic mass is 10.3. The van der Waals surface area contributed by atoms with Crippen molar-refractivity contribution >= 4 is 60.7 Å². The summed E-state index contributed by atoms with van der Waals surface area (Å²) in [6, 6.07) is 2.99. The Bertz CT molecular complexity index is 1210. The van der Waals surface area contributed by atoms with Gasteiger partial charge in [-0.05, 0) is 83.0 Å². The van der Waals surface area contributed by atoms with Crippen LogP contribution >= 0.6 is 0 Å². The highest BCUT2D eigenvalue weighted by atomic mass is 28.5. The molecule has 1 saturated heterocycles. The maximum absolute atomic E-state index is 14.4. The average molecular weight is 991 g/mol. The van der Waals surface area contributed by atoms with E-state index < -0.39 is 97.7 Å². The highest BCUT2D eigenvalue weighted by molar-refractivity contribution is 6.94. The molecule has 0 aromatic heterocycles. The summed E-state index contributed by atoms with van der Waals surface area (Å²) >= 11 is 0. The normalized spacial score (nSPS) is 25.2. The molecule has 0 aromatic rings. The minimum absolute atomic E-state index is 0.0603. The number of ether oxygens (including phenoxy) is 2. The van der Waals surface area contributed by atoms with Gasteiger partial charge in [-0.1, -0.05) is 0 Å². The molecule has 2 atom stereocenters. The number of alkyl halides is 4. The largest absolute Gasteiger partial charge is 0.500 e.